The van der Waals surface area contributed by atoms with Crippen LogP contribution in [0.4, 0.5) is 4.39 Å². The van der Waals surface area contributed by atoms with Gasteiger partial charge in [-0.1, -0.05) is 12.1 Å². The van der Waals surface area contributed by atoms with E-state index in [1.807, 2.05) is 12.1 Å². The van der Waals surface area contributed by atoms with Crippen molar-refractivity contribution < 1.29 is 9.18 Å². The third kappa shape index (κ3) is 3.57. The number of rotatable bonds is 4. The van der Waals surface area contributed by atoms with Gasteiger partial charge in [-0.15, -0.1) is 0 Å². The quantitative estimate of drug-likeness (QED) is 0.915. The van der Waals surface area contributed by atoms with Crippen LogP contribution in [0, 0.1) is 5.82 Å². The van der Waals surface area contributed by atoms with Crippen molar-refractivity contribution in [2.24, 2.45) is 0 Å². The van der Waals surface area contributed by atoms with E-state index in [4.69, 9.17) is 0 Å². The number of benzene rings is 1. The second-order valence-electron chi connectivity index (χ2n) is 5.94. The zero-order chi connectivity index (χ0) is 13.9. The SMILES string of the molecule is O=C(CN1CCC(c2ccc(F)cc2)CC1)NC1CC1. The van der Waals surface area contributed by atoms with Crippen LogP contribution in [0.3, 0.4) is 0 Å². The fourth-order valence-electron chi connectivity index (χ4n) is 2.86. The Bertz CT molecular complexity index is 462. The number of amides is 1. The lowest BCUT2D eigenvalue weighted by atomic mass is 9.89. The lowest BCUT2D eigenvalue weighted by molar-refractivity contribution is -0.122. The predicted octanol–water partition coefficient (Wildman–Crippen LogP) is 2.28. The molecule has 1 N–H and O–H groups in total. The molecule has 20 heavy (non-hydrogen) atoms. The monoisotopic (exact) mass is 276 g/mol. The summed E-state index contributed by atoms with van der Waals surface area (Å²) in [6.07, 6.45) is 4.36. The van der Waals surface area contributed by atoms with Gasteiger partial charge in [0.2, 0.25) is 5.91 Å². The number of hydrogen-bond acceptors (Lipinski definition) is 2. The number of nitrogens with one attached hydrogen (secondary N) is 1. The molecule has 0 unspecified atom stereocenters. The van der Waals surface area contributed by atoms with Crippen molar-refractivity contribution in [3.63, 3.8) is 0 Å². The summed E-state index contributed by atoms with van der Waals surface area (Å²) < 4.78 is 12.9. The van der Waals surface area contributed by atoms with E-state index >= 15 is 0 Å². The molecule has 2 aliphatic rings. The van der Waals surface area contributed by atoms with Crippen LogP contribution < -0.4 is 5.32 Å². The van der Waals surface area contributed by atoms with Gasteiger partial charge in [0.1, 0.15) is 5.82 Å². The molecule has 0 spiro atoms. The van der Waals surface area contributed by atoms with Crippen molar-refractivity contribution in [1.29, 1.82) is 0 Å². The van der Waals surface area contributed by atoms with Gasteiger partial charge in [-0.05, 0) is 62.4 Å². The summed E-state index contributed by atoms with van der Waals surface area (Å²) in [7, 11) is 0. The van der Waals surface area contributed by atoms with E-state index in [1.165, 1.54) is 17.7 Å². The van der Waals surface area contributed by atoms with E-state index in [0.29, 0.717) is 18.5 Å². The minimum Gasteiger partial charge on any atom is -0.352 e. The minimum atomic E-state index is -0.178. The van der Waals surface area contributed by atoms with Crippen molar-refractivity contribution in [1.82, 2.24) is 10.2 Å². The molecule has 1 aromatic rings. The second-order valence-corrected chi connectivity index (χ2v) is 5.94. The predicted molar refractivity (Wildman–Crippen MR) is 76.0 cm³/mol. The molecular formula is C16H21FN2O. The van der Waals surface area contributed by atoms with Crippen LogP contribution in [-0.2, 0) is 4.79 Å². The number of piperidine rings is 1. The summed E-state index contributed by atoms with van der Waals surface area (Å²) >= 11 is 0. The molecule has 0 atom stereocenters. The van der Waals surface area contributed by atoms with Gasteiger partial charge < -0.3 is 5.32 Å². The number of nitrogens with zero attached hydrogens (tertiary/aromatic N) is 1. The van der Waals surface area contributed by atoms with Crippen LogP contribution in [0.5, 0.6) is 0 Å². The standard InChI is InChI=1S/C16H21FN2O/c17-14-3-1-12(2-4-14)13-7-9-19(10-8-13)11-16(20)18-15-5-6-15/h1-4,13,15H,5-11H2,(H,18,20). The number of carbonyl (C=O) groups is 1. The first kappa shape index (κ1) is 13.6. The lowest BCUT2D eigenvalue weighted by Crippen LogP contribution is -2.41. The van der Waals surface area contributed by atoms with Crippen LogP contribution in [0.1, 0.15) is 37.2 Å². The maximum atomic E-state index is 12.9. The molecule has 1 aliphatic carbocycles. The Morgan fingerprint density at radius 1 is 1.15 bits per heavy atom. The largest absolute Gasteiger partial charge is 0.352 e. The van der Waals surface area contributed by atoms with Crippen molar-refractivity contribution in [2.45, 2.75) is 37.6 Å². The Kier molecular flexibility index (Phi) is 4.01. The Morgan fingerprint density at radius 2 is 1.80 bits per heavy atom. The Balaban J connectivity index is 1.46. The van der Waals surface area contributed by atoms with Crippen molar-refractivity contribution in [3.8, 4) is 0 Å². The fraction of sp³-hybridized carbons (Fsp3) is 0.562. The normalized spacial score (nSPS) is 20.9. The summed E-state index contributed by atoms with van der Waals surface area (Å²) in [6.45, 7) is 2.41. The summed E-state index contributed by atoms with van der Waals surface area (Å²) in [5.41, 5.74) is 1.22. The second kappa shape index (κ2) is 5.92. The molecule has 1 saturated heterocycles. The molecule has 108 valence electrons. The number of likely N-dealkylation sites (tertiary alicyclic amines) is 1. The third-order valence-electron chi connectivity index (χ3n) is 4.24. The molecule has 0 radical (unpaired) electrons. The van der Waals surface area contributed by atoms with E-state index in [1.54, 1.807) is 0 Å². The topological polar surface area (TPSA) is 32.3 Å². The third-order valence-corrected chi connectivity index (χ3v) is 4.24. The van der Waals surface area contributed by atoms with Crippen LogP contribution in [0.2, 0.25) is 0 Å². The van der Waals surface area contributed by atoms with Gasteiger partial charge in [0.05, 0.1) is 6.54 Å². The van der Waals surface area contributed by atoms with E-state index in [9.17, 15) is 9.18 Å². The molecule has 1 saturated carbocycles. The highest BCUT2D eigenvalue weighted by atomic mass is 19.1. The van der Waals surface area contributed by atoms with Crippen LogP contribution in [-0.4, -0.2) is 36.5 Å². The lowest BCUT2D eigenvalue weighted by Gasteiger charge is -2.31. The molecule has 3 nitrogen and oxygen atoms in total. The Labute approximate surface area is 119 Å². The van der Waals surface area contributed by atoms with Crippen LogP contribution in [0.25, 0.3) is 0 Å². The highest BCUT2D eigenvalue weighted by molar-refractivity contribution is 5.78. The number of halogens is 1. The minimum absolute atomic E-state index is 0.160. The van der Waals surface area contributed by atoms with Crippen molar-refractivity contribution in [2.75, 3.05) is 19.6 Å². The molecule has 1 heterocycles. The molecule has 3 rings (SSSR count). The first-order chi connectivity index (χ1) is 9.70. The van der Waals surface area contributed by atoms with Gasteiger partial charge in [-0.2, -0.15) is 0 Å². The molecule has 0 bridgehead atoms. The van der Waals surface area contributed by atoms with Gasteiger partial charge >= 0.3 is 0 Å². The molecule has 4 heteroatoms. The first-order valence-corrected chi connectivity index (χ1v) is 7.48. The van der Waals surface area contributed by atoms with E-state index in [2.05, 4.69) is 10.2 Å². The molecular weight excluding hydrogens is 255 g/mol. The average molecular weight is 276 g/mol. The van der Waals surface area contributed by atoms with Crippen LogP contribution >= 0.6 is 0 Å². The van der Waals surface area contributed by atoms with E-state index in [0.717, 1.165) is 38.8 Å². The number of hydrogen-bond donors (Lipinski definition) is 1. The molecule has 2 fully saturated rings. The summed E-state index contributed by atoms with van der Waals surface area (Å²) in [6, 6.07) is 7.28. The van der Waals surface area contributed by atoms with Crippen molar-refractivity contribution in [3.05, 3.63) is 35.6 Å². The highest BCUT2D eigenvalue weighted by Crippen LogP contribution is 2.28. The molecule has 1 aromatic carbocycles. The van der Waals surface area contributed by atoms with Gasteiger partial charge in [-0.3, -0.25) is 9.69 Å². The highest BCUT2D eigenvalue weighted by Gasteiger charge is 2.26. The Hall–Kier alpha value is -1.42. The van der Waals surface area contributed by atoms with E-state index in [-0.39, 0.29) is 11.7 Å². The summed E-state index contributed by atoms with van der Waals surface area (Å²) in [5.74, 6) is 0.481. The maximum absolute atomic E-state index is 12.9. The molecule has 0 aromatic heterocycles. The maximum Gasteiger partial charge on any atom is 0.234 e. The smallest absolute Gasteiger partial charge is 0.234 e. The van der Waals surface area contributed by atoms with Crippen molar-refractivity contribution >= 4 is 5.91 Å². The van der Waals surface area contributed by atoms with Gasteiger partial charge in [0.25, 0.3) is 0 Å². The fourth-order valence-corrected chi connectivity index (χ4v) is 2.86. The zero-order valence-corrected chi connectivity index (χ0v) is 11.6. The summed E-state index contributed by atoms with van der Waals surface area (Å²) in [5, 5.41) is 3.03. The molecule has 1 amide bonds. The van der Waals surface area contributed by atoms with Gasteiger partial charge in [0.15, 0.2) is 0 Å². The van der Waals surface area contributed by atoms with Gasteiger partial charge in [0, 0.05) is 6.04 Å². The van der Waals surface area contributed by atoms with Gasteiger partial charge in [-0.25, -0.2) is 4.39 Å². The first-order valence-electron chi connectivity index (χ1n) is 7.48. The number of carbonyl (C=O) groups excluding carboxylic acids is 1. The summed E-state index contributed by atoms with van der Waals surface area (Å²) in [4.78, 5) is 14.0. The Morgan fingerprint density at radius 3 is 2.40 bits per heavy atom. The zero-order valence-electron chi connectivity index (χ0n) is 11.6. The van der Waals surface area contributed by atoms with E-state index < -0.39 is 0 Å². The van der Waals surface area contributed by atoms with Crippen LogP contribution in [0.15, 0.2) is 24.3 Å². The molecule has 1 aliphatic heterocycles. The average Bonchev–Trinajstić information content (AvgIpc) is 3.24.